The second-order valence-electron chi connectivity index (χ2n) is 4.64. The average Bonchev–Trinajstić information content (AvgIpc) is 2.49. The van der Waals surface area contributed by atoms with E-state index in [0.29, 0.717) is 11.3 Å². The highest BCUT2D eigenvalue weighted by molar-refractivity contribution is 5.88. The van der Waals surface area contributed by atoms with Crippen LogP contribution >= 0.6 is 0 Å². The minimum absolute atomic E-state index is 0.554. The monoisotopic (exact) mass is 259 g/mol. The molecule has 2 nitrogen and oxygen atoms in total. The number of ether oxygens (including phenoxy) is 1. The minimum atomic E-state index is 0.554. The third-order valence-corrected chi connectivity index (χ3v) is 3.29. The molecule has 0 N–H and O–H groups in total. The molecular formula is C18H13NO. The summed E-state index contributed by atoms with van der Waals surface area (Å²) < 4.78 is 6.02. The lowest BCUT2D eigenvalue weighted by Crippen LogP contribution is -1.92. The van der Waals surface area contributed by atoms with Gasteiger partial charge in [0.05, 0.1) is 5.56 Å². The van der Waals surface area contributed by atoms with Gasteiger partial charge in [0, 0.05) is 5.39 Å². The molecule has 0 bridgehead atoms. The van der Waals surface area contributed by atoms with E-state index >= 15 is 0 Å². The van der Waals surface area contributed by atoms with Gasteiger partial charge in [0.1, 0.15) is 17.6 Å². The zero-order valence-corrected chi connectivity index (χ0v) is 11.1. The molecule has 0 aliphatic rings. The standard InChI is InChI=1S/C18H13NO/c1-13-6-4-9-15(12-19)18(13)20-17-11-5-8-14-7-2-3-10-16(14)17/h2-11H,1H3. The van der Waals surface area contributed by atoms with Crippen molar-refractivity contribution in [1.82, 2.24) is 0 Å². The molecule has 0 heterocycles. The van der Waals surface area contributed by atoms with Crippen LogP contribution in [0.3, 0.4) is 0 Å². The maximum absolute atomic E-state index is 9.20. The predicted octanol–water partition coefficient (Wildman–Crippen LogP) is 4.81. The number of para-hydroxylation sites is 1. The molecule has 3 aromatic rings. The molecule has 0 aromatic heterocycles. The Morgan fingerprint density at radius 2 is 1.65 bits per heavy atom. The van der Waals surface area contributed by atoms with Crippen molar-refractivity contribution in [2.24, 2.45) is 0 Å². The zero-order valence-electron chi connectivity index (χ0n) is 11.1. The van der Waals surface area contributed by atoms with Crippen LogP contribution < -0.4 is 4.74 Å². The Morgan fingerprint density at radius 3 is 2.50 bits per heavy atom. The highest BCUT2D eigenvalue weighted by Gasteiger charge is 2.09. The second kappa shape index (κ2) is 5.07. The fourth-order valence-corrected chi connectivity index (χ4v) is 2.27. The molecule has 2 heteroatoms. The molecule has 0 spiro atoms. The zero-order chi connectivity index (χ0) is 13.9. The Hall–Kier alpha value is -2.79. The van der Waals surface area contributed by atoms with Gasteiger partial charge in [0.15, 0.2) is 0 Å². The van der Waals surface area contributed by atoms with Crippen LogP contribution in [-0.4, -0.2) is 0 Å². The van der Waals surface area contributed by atoms with E-state index in [-0.39, 0.29) is 0 Å². The minimum Gasteiger partial charge on any atom is -0.455 e. The average molecular weight is 259 g/mol. The molecule has 0 radical (unpaired) electrons. The van der Waals surface area contributed by atoms with E-state index in [9.17, 15) is 5.26 Å². The van der Waals surface area contributed by atoms with Crippen molar-refractivity contribution < 1.29 is 4.74 Å². The van der Waals surface area contributed by atoms with Crippen LogP contribution in [0.15, 0.2) is 60.7 Å². The highest BCUT2D eigenvalue weighted by atomic mass is 16.5. The van der Waals surface area contributed by atoms with Crippen molar-refractivity contribution in [2.45, 2.75) is 6.92 Å². The van der Waals surface area contributed by atoms with Crippen molar-refractivity contribution in [3.8, 4) is 17.6 Å². The van der Waals surface area contributed by atoms with Crippen LogP contribution in [0.2, 0.25) is 0 Å². The number of fused-ring (bicyclic) bond motifs is 1. The van der Waals surface area contributed by atoms with Crippen molar-refractivity contribution in [3.63, 3.8) is 0 Å². The Bertz CT molecular complexity index is 810. The van der Waals surface area contributed by atoms with Crippen molar-refractivity contribution in [2.75, 3.05) is 0 Å². The molecular weight excluding hydrogens is 246 g/mol. The maximum atomic E-state index is 9.20. The predicted molar refractivity (Wildman–Crippen MR) is 79.9 cm³/mol. The van der Waals surface area contributed by atoms with Gasteiger partial charge in [-0.25, -0.2) is 0 Å². The van der Waals surface area contributed by atoms with Crippen LogP contribution in [-0.2, 0) is 0 Å². The number of nitrogens with zero attached hydrogens (tertiary/aromatic N) is 1. The molecule has 0 atom stereocenters. The first-order valence-corrected chi connectivity index (χ1v) is 6.45. The highest BCUT2D eigenvalue weighted by Crippen LogP contribution is 2.33. The lowest BCUT2D eigenvalue weighted by atomic mass is 10.1. The van der Waals surface area contributed by atoms with E-state index in [1.807, 2.05) is 61.5 Å². The molecule has 0 aliphatic carbocycles. The van der Waals surface area contributed by atoms with Crippen LogP contribution in [0.4, 0.5) is 0 Å². The summed E-state index contributed by atoms with van der Waals surface area (Å²) in [7, 11) is 0. The lowest BCUT2D eigenvalue weighted by molar-refractivity contribution is 0.483. The Balaban J connectivity index is 2.13. The molecule has 3 aromatic carbocycles. The molecule has 96 valence electrons. The number of nitriles is 1. The van der Waals surface area contributed by atoms with Gasteiger partial charge < -0.3 is 4.74 Å². The largest absolute Gasteiger partial charge is 0.455 e. The Kier molecular flexibility index (Phi) is 3.10. The number of aryl methyl sites for hydroxylation is 1. The molecule has 0 fully saturated rings. The number of hydrogen-bond donors (Lipinski definition) is 0. The van der Waals surface area contributed by atoms with E-state index in [2.05, 4.69) is 6.07 Å². The van der Waals surface area contributed by atoms with Gasteiger partial charge >= 0.3 is 0 Å². The summed E-state index contributed by atoms with van der Waals surface area (Å²) in [6, 6.07) is 21.7. The molecule has 20 heavy (non-hydrogen) atoms. The van der Waals surface area contributed by atoms with Gasteiger partial charge in [-0.3, -0.25) is 0 Å². The third-order valence-electron chi connectivity index (χ3n) is 3.29. The fourth-order valence-electron chi connectivity index (χ4n) is 2.27. The fraction of sp³-hybridized carbons (Fsp3) is 0.0556. The number of rotatable bonds is 2. The smallest absolute Gasteiger partial charge is 0.148 e. The summed E-state index contributed by atoms with van der Waals surface area (Å²) in [5.41, 5.74) is 1.51. The molecule has 0 amide bonds. The van der Waals surface area contributed by atoms with Gasteiger partial charge in [-0.1, -0.05) is 48.5 Å². The summed E-state index contributed by atoms with van der Waals surface area (Å²) in [5.74, 6) is 1.40. The summed E-state index contributed by atoms with van der Waals surface area (Å²) in [6.45, 7) is 1.95. The van der Waals surface area contributed by atoms with E-state index in [0.717, 1.165) is 22.1 Å². The van der Waals surface area contributed by atoms with Crippen LogP contribution in [0.5, 0.6) is 11.5 Å². The van der Waals surface area contributed by atoms with Gasteiger partial charge in [0.25, 0.3) is 0 Å². The van der Waals surface area contributed by atoms with Gasteiger partial charge in [-0.05, 0) is 30.0 Å². The topological polar surface area (TPSA) is 33.0 Å². The van der Waals surface area contributed by atoms with Gasteiger partial charge in [-0.2, -0.15) is 5.26 Å². The molecule has 3 rings (SSSR count). The molecule has 0 aliphatic heterocycles. The first-order valence-electron chi connectivity index (χ1n) is 6.45. The van der Waals surface area contributed by atoms with Crippen LogP contribution in [0.1, 0.15) is 11.1 Å². The molecule has 0 saturated carbocycles. The third kappa shape index (κ3) is 2.10. The normalized spacial score (nSPS) is 10.2. The molecule has 0 unspecified atom stereocenters. The first-order chi connectivity index (χ1) is 9.79. The molecule has 0 saturated heterocycles. The maximum Gasteiger partial charge on any atom is 0.148 e. The van der Waals surface area contributed by atoms with Gasteiger partial charge in [-0.15, -0.1) is 0 Å². The number of hydrogen-bond acceptors (Lipinski definition) is 2. The van der Waals surface area contributed by atoms with Crippen molar-refractivity contribution in [1.29, 1.82) is 5.26 Å². The summed E-state index contributed by atoms with van der Waals surface area (Å²) in [5, 5.41) is 11.4. The SMILES string of the molecule is Cc1cccc(C#N)c1Oc1cccc2ccccc12. The lowest BCUT2D eigenvalue weighted by Gasteiger charge is -2.12. The number of benzene rings is 3. The van der Waals surface area contributed by atoms with E-state index in [4.69, 9.17) is 4.74 Å². The summed E-state index contributed by atoms with van der Waals surface area (Å²) in [6.07, 6.45) is 0. The quantitative estimate of drug-likeness (QED) is 0.661. The first kappa shape index (κ1) is 12.3. The second-order valence-corrected chi connectivity index (χ2v) is 4.64. The van der Waals surface area contributed by atoms with Crippen LogP contribution in [0.25, 0.3) is 10.8 Å². The van der Waals surface area contributed by atoms with E-state index in [1.165, 1.54) is 0 Å². The van der Waals surface area contributed by atoms with E-state index < -0.39 is 0 Å². The van der Waals surface area contributed by atoms with Gasteiger partial charge in [0.2, 0.25) is 0 Å². The van der Waals surface area contributed by atoms with Crippen LogP contribution in [0, 0.1) is 18.3 Å². The van der Waals surface area contributed by atoms with E-state index in [1.54, 1.807) is 6.07 Å². The Morgan fingerprint density at radius 1 is 0.900 bits per heavy atom. The van der Waals surface area contributed by atoms with Crippen molar-refractivity contribution >= 4 is 10.8 Å². The summed E-state index contributed by atoms with van der Waals surface area (Å²) in [4.78, 5) is 0. The van der Waals surface area contributed by atoms with Crippen molar-refractivity contribution in [3.05, 3.63) is 71.8 Å². The summed E-state index contributed by atoms with van der Waals surface area (Å²) >= 11 is 0. The Labute approximate surface area is 117 Å².